The van der Waals surface area contributed by atoms with Crippen LogP contribution in [0.15, 0.2) is 17.5 Å². The second-order valence-electron chi connectivity index (χ2n) is 5.81. The van der Waals surface area contributed by atoms with Crippen molar-refractivity contribution in [1.82, 2.24) is 10.6 Å². The summed E-state index contributed by atoms with van der Waals surface area (Å²) in [6.07, 6.45) is 4.02. The first kappa shape index (κ1) is 15.5. The zero-order chi connectivity index (χ0) is 14.4. The molecule has 1 aliphatic rings. The molecule has 2 N–H and O–H groups in total. The van der Waals surface area contributed by atoms with Crippen molar-refractivity contribution in [2.75, 3.05) is 13.1 Å². The molecule has 3 nitrogen and oxygen atoms in total. The third-order valence-electron chi connectivity index (χ3n) is 4.33. The number of amides is 1. The van der Waals surface area contributed by atoms with E-state index in [9.17, 15) is 4.79 Å². The maximum atomic E-state index is 12.2. The zero-order valence-electron chi connectivity index (χ0n) is 12.5. The Balaban J connectivity index is 1.81. The Morgan fingerprint density at radius 2 is 2.25 bits per heavy atom. The molecule has 0 aromatic carbocycles. The molecule has 1 aromatic heterocycles. The SMILES string of the molecule is CCC(NC(=O)CC(C)C1CCNCC1)c1cccs1. The van der Waals surface area contributed by atoms with Crippen LogP contribution in [-0.2, 0) is 4.79 Å². The number of carbonyl (C=O) groups is 1. The number of thiophene rings is 1. The molecule has 1 aliphatic heterocycles. The van der Waals surface area contributed by atoms with Crippen molar-refractivity contribution < 1.29 is 4.79 Å². The van der Waals surface area contributed by atoms with E-state index in [0.29, 0.717) is 18.3 Å². The van der Waals surface area contributed by atoms with E-state index < -0.39 is 0 Å². The fourth-order valence-electron chi connectivity index (χ4n) is 2.99. The normalized spacial score (nSPS) is 19.5. The number of piperidine rings is 1. The van der Waals surface area contributed by atoms with Crippen molar-refractivity contribution in [3.63, 3.8) is 0 Å². The third-order valence-corrected chi connectivity index (χ3v) is 5.31. The lowest BCUT2D eigenvalue weighted by Gasteiger charge is -2.28. The minimum Gasteiger partial charge on any atom is -0.348 e. The van der Waals surface area contributed by atoms with Gasteiger partial charge in [0, 0.05) is 11.3 Å². The number of hydrogen-bond donors (Lipinski definition) is 2. The smallest absolute Gasteiger partial charge is 0.220 e. The summed E-state index contributed by atoms with van der Waals surface area (Å²) < 4.78 is 0. The number of nitrogens with one attached hydrogen (secondary N) is 2. The van der Waals surface area contributed by atoms with Crippen molar-refractivity contribution in [2.45, 2.75) is 45.6 Å². The van der Waals surface area contributed by atoms with E-state index >= 15 is 0 Å². The van der Waals surface area contributed by atoms with Crippen LogP contribution in [0, 0.1) is 11.8 Å². The van der Waals surface area contributed by atoms with Gasteiger partial charge >= 0.3 is 0 Å². The predicted octanol–water partition coefficient (Wildman–Crippen LogP) is 3.34. The predicted molar refractivity (Wildman–Crippen MR) is 84.9 cm³/mol. The molecule has 0 saturated carbocycles. The summed E-state index contributed by atoms with van der Waals surface area (Å²) >= 11 is 1.72. The monoisotopic (exact) mass is 294 g/mol. The highest BCUT2D eigenvalue weighted by molar-refractivity contribution is 7.10. The van der Waals surface area contributed by atoms with E-state index in [1.807, 2.05) is 6.07 Å². The van der Waals surface area contributed by atoms with Crippen LogP contribution in [0.5, 0.6) is 0 Å². The summed E-state index contributed by atoms with van der Waals surface area (Å²) in [7, 11) is 0. The van der Waals surface area contributed by atoms with Crippen LogP contribution in [0.25, 0.3) is 0 Å². The Labute approximate surface area is 126 Å². The van der Waals surface area contributed by atoms with E-state index in [1.165, 1.54) is 17.7 Å². The number of rotatable bonds is 6. The number of hydrogen-bond acceptors (Lipinski definition) is 3. The summed E-state index contributed by atoms with van der Waals surface area (Å²) in [4.78, 5) is 13.5. The summed E-state index contributed by atoms with van der Waals surface area (Å²) in [6.45, 7) is 6.55. The van der Waals surface area contributed by atoms with Crippen LogP contribution < -0.4 is 10.6 Å². The van der Waals surface area contributed by atoms with Gasteiger partial charge in [-0.3, -0.25) is 4.79 Å². The van der Waals surface area contributed by atoms with E-state index in [2.05, 4.69) is 35.9 Å². The average Bonchev–Trinajstić information content (AvgIpc) is 2.99. The van der Waals surface area contributed by atoms with Gasteiger partial charge in [0.2, 0.25) is 5.91 Å². The molecule has 1 amide bonds. The largest absolute Gasteiger partial charge is 0.348 e. The fraction of sp³-hybridized carbons (Fsp3) is 0.688. The van der Waals surface area contributed by atoms with E-state index in [1.54, 1.807) is 11.3 Å². The molecular formula is C16H26N2OS. The van der Waals surface area contributed by atoms with Crippen LogP contribution in [0.2, 0.25) is 0 Å². The summed E-state index contributed by atoms with van der Waals surface area (Å²) in [5.41, 5.74) is 0. The minimum atomic E-state index is 0.183. The molecule has 2 atom stereocenters. The van der Waals surface area contributed by atoms with E-state index in [-0.39, 0.29) is 11.9 Å². The summed E-state index contributed by atoms with van der Waals surface area (Å²) in [5.74, 6) is 1.39. The lowest BCUT2D eigenvalue weighted by molar-refractivity contribution is -0.123. The van der Waals surface area contributed by atoms with E-state index in [4.69, 9.17) is 0 Å². The van der Waals surface area contributed by atoms with Crippen LogP contribution in [-0.4, -0.2) is 19.0 Å². The molecule has 2 heterocycles. The van der Waals surface area contributed by atoms with Gasteiger partial charge in [0.1, 0.15) is 0 Å². The Hall–Kier alpha value is -0.870. The minimum absolute atomic E-state index is 0.183. The summed E-state index contributed by atoms with van der Waals surface area (Å²) in [5, 5.41) is 8.65. The molecule has 1 aromatic rings. The quantitative estimate of drug-likeness (QED) is 0.845. The lowest BCUT2D eigenvalue weighted by atomic mass is 9.84. The lowest BCUT2D eigenvalue weighted by Crippen LogP contribution is -2.34. The molecule has 0 spiro atoms. The topological polar surface area (TPSA) is 41.1 Å². The van der Waals surface area contributed by atoms with Crippen molar-refractivity contribution in [3.8, 4) is 0 Å². The average molecular weight is 294 g/mol. The van der Waals surface area contributed by atoms with Crippen molar-refractivity contribution in [1.29, 1.82) is 0 Å². The Morgan fingerprint density at radius 1 is 1.50 bits per heavy atom. The molecule has 0 radical (unpaired) electrons. The maximum absolute atomic E-state index is 12.2. The van der Waals surface area contributed by atoms with Gasteiger partial charge in [-0.2, -0.15) is 0 Å². The second-order valence-corrected chi connectivity index (χ2v) is 6.79. The van der Waals surface area contributed by atoms with Gasteiger partial charge in [-0.1, -0.05) is 19.9 Å². The standard InChI is InChI=1S/C16H26N2OS/c1-3-14(15-5-4-10-20-15)18-16(19)11-12(2)13-6-8-17-9-7-13/h4-5,10,12-14,17H,3,6-9,11H2,1-2H3,(H,18,19). The van der Waals surface area contributed by atoms with Crippen LogP contribution in [0.3, 0.4) is 0 Å². The third kappa shape index (κ3) is 4.32. The number of carbonyl (C=O) groups excluding carboxylic acids is 1. The Morgan fingerprint density at radius 3 is 2.85 bits per heavy atom. The van der Waals surface area contributed by atoms with Crippen molar-refractivity contribution >= 4 is 17.2 Å². The molecular weight excluding hydrogens is 268 g/mol. The molecule has 20 heavy (non-hydrogen) atoms. The zero-order valence-corrected chi connectivity index (χ0v) is 13.3. The van der Waals surface area contributed by atoms with Gasteiger partial charge in [0.05, 0.1) is 6.04 Å². The van der Waals surface area contributed by atoms with Gasteiger partial charge in [-0.25, -0.2) is 0 Å². The highest BCUT2D eigenvalue weighted by atomic mass is 32.1. The molecule has 2 unspecified atom stereocenters. The summed E-state index contributed by atoms with van der Waals surface area (Å²) in [6, 6.07) is 4.34. The second kappa shape index (κ2) is 7.79. The van der Waals surface area contributed by atoms with Crippen molar-refractivity contribution in [3.05, 3.63) is 22.4 Å². The maximum Gasteiger partial charge on any atom is 0.220 e. The Kier molecular flexibility index (Phi) is 6.05. The highest BCUT2D eigenvalue weighted by Gasteiger charge is 2.23. The van der Waals surface area contributed by atoms with E-state index in [0.717, 1.165) is 19.5 Å². The first-order valence-corrected chi connectivity index (χ1v) is 8.62. The van der Waals surface area contributed by atoms with Gasteiger partial charge in [0.15, 0.2) is 0 Å². The van der Waals surface area contributed by atoms with Gasteiger partial charge < -0.3 is 10.6 Å². The first-order valence-electron chi connectivity index (χ1n) is 7.74. The molecule has 112 valence electrons. The van der Waals surface area contributed by atoms with Gasteiger partial charge in [0.25, 0.3) is 0 Å². The van der Waals surface area contributed by atoms with Crippen LogP contribution in [0.1, 0.15) is 50.4 Å². The van der Waals surface area contributed by atoms with Crippen LogP contribution >= 0.6 is 11.3 Å². The molecule has 4 heteroatoms. The van der Waals surface area contributed by atoms with Gasteiger partial charge in [-0.05, 0) is 55.6 Å². The molecule has 0 bridgehead atoms. The van der Waals surface area contributed by atoms with Crippen LogP contribution in [0.4, 0.5) is 0 Å². The molecule has 1 saturated heterocycles. The molecule has 1 fully saturated rings. The first-order chi connectivity index (χ1) is 9.70. The molecule has 2 rings (SSSR count). The van der Waals surface area contributed by atoms with Crippen molar-refractivity contribution in [2.24, 2.45) is 11.8 Å². The molecule has 0 aliphatic carbocycles. The highest BCUT2D eigenvalue weighted by Crippen LogP contribution is 2.26. The van der Waals surface area contributed by atoms with Gasteiger partial charge in [-0.15, -0.1) is 11.3 Å². The fourth-order valence-corrected chi connectivity index (χ4v) is 3.85. The Bertz CT molecular complexity index is 399.